The lowest BCUT2D eigenvalue weighted by atomic mass is 10.1. The zero-order chi connectivity index (χ0) is 17.7. The molecule has 0 aliphatic heterocycles. The maximum Gasteiger partial charge on any atom is 0.417 e. The van der Waals surface area contributed by atoms with Gasteiger partial charge in [-0.15, -0.1) is 0 Å². The molecule has 24 heavy (non-hydrogen) atoms. The molecule has 126 valence electrons. The molecule has 2 amide bonds. The maximum absolute atomic E-state index is 12.1. The molecule has 0 unspecified atom stereocenters. The van der Waals surface area contributed by atoms with Gasteiger partial charge in [0.25, 0.3) is 5.24 Å². The lowest BCUT2D eigenvalue weighted by Crippen LogP contribution is -2.17. The molecular weight excluding hydrogens is 324 g/mol. The second kappa shape index (κ2) is 7.88. The highest BCUT2D eigenvalue weighted by Crippen LogP contribution is 2.23. The number of carbonyl (C=O) groups is 2. The van der Waals surface area contributed by atoms with Crippen LogP contribution in [0.2, 0.25) is 0 Å². The Morgan fingerprint density at radius 1 is 0.917 bits per heavy atom. The van der Waals surface area contributed by atoms with Crippen LogP contribution in [0, 0.1) is 20.8 Å². The van der Waals surface area contributed by atoms with Gasteiger partial charge in [-0.1, -0.05) is 23.9 Å². The molecule has 0 bridgehead atoms. The van der Waals surface area contributed by atoms with Crippen LogP contribution in [0.4, 0.5) is 21.0 Å². The Kier molecular flexibility index (Phi) is 5.87. The number of nitrogens with one attached hydrogen (secondary N) is 2. The quantitative estimate of drug-likeness (QED) is 0.811. The monoisotopic (exact) mass is 344 g/mol. The van der Waals surface area contributed by atoms with Crippen LogP contribution in [0.1, 0.15) is 16.7 Å². The molecular formula is C18H20N2O3S. The normalized spacial score (nSPS) is 10.2. The minimum absolute atomic E-state index is 0.166. The Morgan fingerprint density at radius 2 is 1.54 bits per heavy atom. The molecule has 5 nitrogen and oxygen atoms in total. The summed E-state index contributed by atoms with van der Waals surface area (Å²) in [7, 11) is 0. The van der Waals surface area contributed by atoms with E-state index in [-0.39, 0.29) is 5.24 Å². The van der Waals surface area contributed by atoms with Crippen molar-refractivity contribution in [2.45, 2.75) is 20.8 Å². The van der Waals surface area contributed by atoms with Gasteiger partial charge in [-0.3, -0.25) is 10.1 Å². The summed E-state index contributed by atoms with van der Waals surface area (Å²) < 4.78 is 5.39. The first-order chi connectivity index (χ1) is 11.4. The van der Waals surface area contributed by atoms with E-state index in [9.17, 15) is 9.59 Å². The molecule has 0 spiro atoms. The van der Waals surface area contributed by atoms with Gasteiger partial charge in [0.2, 0.25) is 0 Å². The topological polar surface area (TPSA) is 67.4 Å². The average molecular weight is 344 g/mol. The molecule has 0 atom stereocenters. The number of benzene rings is 2. The number of carbonyl (C=O) groups excluding carboxylic acids is 2. The van der Waals surface area contributed by atoms with Crippen LogP contribution in [0.3, 0.4) is 0 Å². The van der Waals surface area contributed by atoms with Gasteiger partial charge in [-0.2, -0.15) is 0 Å². The molecule has 2 aromatic rings. The van der Waals surface area contributed by atoms with E-state index in [4.69, 9.17) is 4.74 Å². The first-order valence-electron chi connectivity index (χ1n) is 7.40. The Bertz CT molecular complexity index is 775. The van der Waals surface area contributed by atoms with E-state index >= 15 is 0 Å². The van der Waals surface area contributed by atoms with Gasteiger partial charge >= 0.3 is 6.09 Å². The lowest BCUT2D eigenvalue weighted by Gasteiger charge is -2.12. The molecule has 0 aromatic heterocycles. The van der Waals surface area contributed by atoms with Crippen LogP contribution in [-0.4, -0.2) is 17.6 Å². The SMILES string of the molecule is CSC(=O)Nc1cccc(NC(=O)Oc2cc(C)c(C)cc2C)c1. The number of hydrogen-bond donors (Lipinski definition) is 2. The minimum Gasteiger partial charge on any atom is -0.410 e. The number of ether oxygens (including phenoxy) is 1. The van der Waals surface area contributed by atoms with Crippen molar-refractivity contribution in [1.82, 2.24) is 0 Å². The summed E-state index contributed by atoms with van der Waals surface area (Å²) in [4.78, 5) is 23.5. The van der Waals surface area contributed by atoms with E-state index in [0.29, 0.717) is 17.1 Å². The fourth-order valence-electron chi connectivity index (χ4n) is 2.13. The van der Waals surface area contributed by atoms with Gasteiger partial charge < -0.3 is 10.1 Å². The average Bonchev–Trinajstić information content (AvgIpc) is 2.52. The van der Waals surface area contributed by atoms with Gasteiger partial charge in [0.1, 0.15) is 5.75 Å². The molecule has 2 rings (SSSR count). The van der Waals surface area contributed by atoms with Crippen LogP contribution < -0.4 is 15.4 Å². The van der Waals surface area contributed by atoms with Crippen LogP contribution in [-0.2, 0) is 0 Å². The molecule has 0 fully saturated rings. The smallest absolute Gasteiger partial charge is 0.410 e. The standard InChI is InChI=1S/C18H20N2O3S/c1-11-8-13(3)16(9-12(11)2)23-17(21)19-14-6-5-7-15(10-14)20-18(22)24-4/h5-10H,1-4H3,(H,19,21)(H,20,22). The zero-order valence-electron chi connectivity index (χ0n) is 14.1. The third kappa shape index (κ3) is 4.76. The van der Waals surface area contributed by atoms with E-state index in [1.54, 1.807) is 30.5 Å². The largest absolute Gasteiger partial charge is 0.417 e. The van der Waals surface area contributed by atoms with E-state index in [2.05, 4.69) is 10.6 Å². The number of thioether (sulfide) groups is 1. The summed E-state index contributed by atoms with van der Waals surface area (Å²) >= 11 is 1.08. The van der Waals surface area contributed by atoms with Gasteiger partial charge in [0.15, 0.2) is 0 Å². The number of amides is 2. The van der Waals surface area contributed by atoms with Crippen LogP contribution in [0.5, 0.6) is 5.75 Å². The minimum atomic E-state index is -0.574. The lowest BCUT2D eigenvalue weighted by molar-refractivity contribution is 0.215. The number of anilines is 2. The third-order valence-electron chi connectivity index (χ3n) is 3.53. The van der Waals surface area contributed by atoms with Crippen molar-refractivity contribution in [3.8, 4) is 5.75 Å². The van der Waals surface area contributed by atoms with Crippen LogP contribution in [0.25, 0.3) is 0 Å². The summed E-state index contributed by atoms with van der Waals surface area (Å²) in [5.74, 6) is 0.530. The Morgan fingerprint density at radius 3 is 2.21 bits per heavy atom. The maximum atomic E-state index is 12.1. The van der Waals surface area contributed by atoms with E-state index in [1.807, 2.05) is 32.9 Å². The van der Waals surface area contributed by atoms with Crippen molar-refractivity contribution in [3.63, 3.8) is 0 Å². The highest BCUT2D eigenvalue weighted by atomic mass is 32.2. The van der Waals surface area contributed by atoms with Crippen LogP contribution in [0.15, 0.2) is 36.4 Å². The summed E-state index contributed by atoms with van der Waals surface area (Å²) in [6.07, 6.45) is 1.12. The predicted molar refractivity (Wildman–Crippen MR) is 99.3 cm³/mol. The highest BCUT2D eigenvalue weighted by Gasteiger charge is 2.10. The molecule has 0 saturated heterocycles. The fraction of sp³-hybridized carbons (Fsp3) is 0.222. The van der Waals surface area contributed by atoms with Crippen molar-refractivity contribution < 1.29 is 14.3 Å². The Labute approximate surface area is 145 Å². The molecule has 0 radical (unpaired) electrons. The van der Waals surface area contributed by atoms with Crippen LogP contribution >= 0.6 is 11.8 Å². The Balaban J connectivity index is 2.06. The van der Waals surface area contributed by atoms with E-state index < -0.39 is 6.09 Å². The Hall–Kier alpha value is -2.47. The summed E-state index contributed by atoms with van der Waals surface area (Å²) in [6, 6.07) is 10.7. The number of rotatable bonds is 3. The zero-order valence-corrected chi connectivity index (χ0v) is 14.9. The van der Waals surface area contributed by atoms with E-state index in [1.165, 1.54) is 0 Å². The van der Waals surface area contributed by atoms with Gasteiger partial charge in [-0.25, -0.2) is 4.79 Å². The third-order valence-corrected chi connectivity index (χ3v) is 4.01. The molecule has 0 aliphatic rings. The van der Waals surface area contributed by atoms with E-state index in [0.717, 1.165) is 28.5 Å². The molecule has 0 saturated carbocycles. The molecule has 2 aromatic carbocycles. The van der Waals surface area contributed by atoms with Crippen molar-refractivity contribution >= 4 is 34.5 Å². The molecule has 2 N–H and O–H groups in total. The molecule has 6 heteroatoms. The van der Waals surface area contributed by atoms with Gasteiger partial charge in [-0.05, 0) is 68.0 Å². The summed E-state index contributed by atoms with van der Waals surface area (Å²) in [5.41, 5.74) is 4.26. The fourth-order valence-corrected chi connectivity index (χ4v) is 2.35. The van der Waals surface area contributed by atoms with Gasteiger partial charge in [0, 0.05) is 11.4 Å². The van der Waals surface area contributed by atoms with Gasteiger partial charge in [0.05, 0.1) is 0 Å². The first kappa shape index (κ1) is 17.9. The summed E-state index contributed by atoms with van der Waals surface area (Å²) in [6.45, 7) is 5.88. The predicted octanol–water partition coefficient (Wildman–Crippen LogP) is 5.12. The molecule has 0 heterocycles. The van der Waals surface area contributed by atoms with Crippen molar-refractivity contribution in [2.75, 3.05) is 16.9 Å². The number of hydrogen-bond acceptors (Lipinski definition) is 4. The second-order valence-electron chi connectivity index (χ2n) is 5.41. The second-order valence-corrected chi connectivity index (χ2v) is 6.19. The first-order valence-corrected chi connectivity index (χ1v) is 8.63. The highest BCUT2D eigenvalue weighted by molar-refractivity contribution is 8.13. The van der Waals surface area contributed by atoms with Crippen molar-refractivity contribution in [3.05, 3.63) is 53.1 Å². The van der Waals surface area contributed by atoms with Crippen molar-refractivity contribution in [1.29, 1.82) is 0 Å². The number of aryl methyl sites for hydroxylation is 3. The molecule has 0 aliphatic carbocycles. The van der Waals surface area contributed by atoms with Crippen molar-refractivity contribution in [2.24, 2.45) is 0 Å². The summed E-state index contributed by atoms with van der Waals surface area (Å²) in [5, 5.41) is 5.21.